The van der Waals surface area contributed by atoms with Crippen LogP contribution in [0.25, 0.3) is 0 Å². The monoisotopic (exact) mass is 410 g/mol. The maximum Gasteiger partial charge on any atom is 0.261 e. The zero-order valence-corrected chi connectivity index (χ0v) is 18.8. The van der Waals surface area contributed by atoms with Crippen molar-refractivity contribution in [3.05, 3.63) is 65.7 Å². The van der Waals surface area contributed by atoms with Gasteiger partial charge in [-0.05, 0) is 63.8 Å². The van der Waals surface area contributed by atoms with Gasteiger partial charge < -0.3 is 15.0 Å². The van der Waals surface area contributed by atoms with E-state index in [4.69, 9.17) is 4.74 Å². The zero-order chi connectivity index (χ0) is 22.1. The maximum atomic E-state index is 13.1. The molecule has 5 heteroatoms. The molecule has 0 spiro atoms. The molecule has 162 valence electrons. The van der Waals surface area contributed by atoms with Gasteiger partial charge in [-0.3, -0.25) is 9.59 Å². The molecule has 0 radical (unpaired) electrons. The highest BCUT2D eigenvalue weighted by molar-refractivity contribution is 5.88. The van der Waals surface area contributed by atoms with E-state index in [1.165, 1.54) is 0 Å². The van der Waals surface area contributed by atoms with Crippen molar-refractivity contribution >= 4 is 11.8 Å². The van der Waals surface area contributed by atoms with Crippen LogP contribution < -0.4 is 10.1 Å². The molecule has 0 aliphatic carbocycles. The Hall–Kier alpha value is -2.82. The third kappa shape index (κ3) is 7.54. The van der Waals surface area contributed by atoms with Gasteiger partial charge in [-0.15, -0.1) is 0 Å². The molecule has 0 saturated carbocycles. The predicted octanol–water partition coefficient (Wildman–Crippen LogP) is 4.14. The van der Waals surface area contributed by atoms with Crippen molar-refractivity contribution in [1.29, 1.82) is 0 Å². The van der Waals surface area contributed by atoms with Crippen molar-refractivity contribution in [2.24, 2.45) is 0 Å². The molecule has 2 amide bonds. The van der Waals surface area contributed by atoms with Crippen LogP contribution in [0.1, 0.15) is 45.2 Å². The Morgan fingerprint density at radius 1 is 1.07 bits per heavy atom. The van der Waals surface area contributed by atoms with Crippen molar-refractivity contribution < 1.29 is 14.3 Å². The molecule has 5 nitrogen and oxygen atoms in total. The molecule has 0 saturated heterocycles. The first kappa shape index (κ1) is 23.5. The van der Waals surface area contributed by atoms with Crippen molar-refractivity contribution in [3.8, 4) is 5.75 Å². The van der Waals surface area contributed by atoms with E-state index in [0.29, 0.717) is 25.1 Å². The predicted molar refractivity (Wildman–Crippen MR) is 121 cm³/mol. The minimum atomic E-state index is -0.540. The molecule has 1 N–H and O–H groups in total. The van der Waals surface area contributed by atoms with Crippen LogP contribution in [0.2, 0.25) is 0 Å². The molecule has 0 aliphatic heterocycles. The first-order valence-corrected chi connectivity index (χ1v) is 10.5. The van der Waals surface area contributed by atoms with Gasteiger partial charge in [0, 0.05) is 12.1 Å². The van der Waals surface area contributed by atoms with Gasteiger partial charge >= 0.3 is 0 Å². The topological polar surface area (TPSA) is 58.6 Å². The van der Waals surface area contributed by atoms with Gasteiger partial charge in [0.15, 0.2) is 6.61 Å². The van der Waals surface area contributed by atoms with Gasteiger partial charge in [-0.2, -0.15) is 0 Å². The molecule has 30 heavy (non-hydrogen) atoms. The number of carbonyl (C=O) groups excluding carboxylic acids is 2. The largest absolute Gasteiger partial charge is 0.484 e. The van der Waals surface area contributed by atoms with Gasteiger partial charge in [0.25, 0.3) is 5.91 Å². The molecule has 0 heterocycles. The molecule has 2 aromatic carbocycles. The molecular weight excluding hydrogens is 376 g/mol. The lowest BCUT2D eigenvalue weighted by molar-refractivity contribution is -0.142. The van der Waals surface area contributed by atoms with Gasteiger partial charge in [0.1, 0.15) is 11.8 Å². The molecule has 0 aromatic heterocycles. The van der Waals surface area contributed by atoms with Crippen LogP contribution in [0.15, 0.2) is 54.6 Å². The summed E-state index contributed by atoms with van der Waals surface area (Å²) in [5, 5.41) is 3.01. The van der Waals surface area contributed by atoms with Crippen LogP contribution in [0.3, 0.4) is 0 Å². The minimum absolute atomic E-state index is 0.0997. The Morgan fingerprint density at radius 3 is 2.37 bits per heavy atom. The smallest absolute Gasteiger partial charge is 0.261 e. The summed E-state index contributed by atoms with van der Waals surface area (Å²) < 4.78 is 5.73. The van der Waals surface area contributed by atoms with Crippen LogP contribution in [-0.4, -0.2) is 41.4 Å². The van der Waals surface area contributed by atoms with E-state index < -0.39 is 6.04 Å². The number of nitrogens with one attached hydrogen (secondary N) is 1. The lowest BCUT2D eigenvalue weighted by Crippen LogP contribution is -2.54. The summed E-state index contributed by atoms with van der Waals surface area (Å²) in [6.45, 7) is 10.1. The average molecular weight is 411 g/mol. The van der Waals surface area contributed by atoms with Crippen LogP contribution >= 0.6 is 0 Å². The SMILES string of the molecule is CC[C@H](C(=O)NC(C)(C)C)N(CCc1ccccc1)C(=O)COc1cccc(C)c1. The molecule has 0 bridgehead atoms. The Labute approximate surface area is 180 Å². The van der Waals surface area contributed by atoms with E-state index in [1.807, 2.05) is 89.2 Å². The molecule has 1 atom stereocenters. The van der Waals surface area contributed by atoms with Gasteiger partial charge in [0.05, 0.1) is 0 Å². The molecule has 0 aliphatic rings. The Balaban J connectivity index is 2.15. The fourth-order valence-corrected chi connectivity index (χ4v) is 3.28. The number of hydrogen-bond donors (Lipinski definition) is 1. The third-order valence-electron chi connectivity index (χ3n) is 4.72. The summed E-state index contributed by atoms with van der Waals surface area (Å²) in [6.07, 6.45) is 1.21. The molecule has 0 fully saturated rings. The lowest BCUT2D eigenvalue weighted by Gasteiger charge is -2.33. The van der Waals surface area contributed by atoms with Gasteiger partial charge in [-0.25, -0.2) is 0 Å². The number of carbonyl (C=O) groups is 2. The van der Waals surface area contributed by atoms with E-state index >= 15 is 0 Å². The zero-order valence-electron chi connectivity index (χ0n) is 18.8. The normalized spacial score (nSPS) is 12.2. The minimum Gasteiger partial charge on any atom is -0.484 e. The first-order chi connectivity index (χ1) is 14.2. The van der Waals surface area contributed by atoms with Gasteiger partial charge in [-0.1, -0.05) is 49.4 Å². The number of rotatable bonds is 9. The summed E-state index contributed by atoms with van der Waals surface area (Å²) in [5.41, 5.74) is 1.83. The fourth-order valence-electron chi connectivity index (χ4n) is 3.28. The fraction of sp³-hybridized carbons (Fsp3) is 0.440. The Bertz CT molecular complexity index is 828. The molecule has 2 aromatic rings. The molecule has 0 unspecified atom stereocenters. The number of aryl methyl sites for hydroxylation is 1. The van der Waals surface area contributed by atoms with E-state index in [9.17, 15) is 9.59 Å². The highest BCUT2D eigenvalue weighted by Gasteiger charge is 2.30. The highest BCUT2D eigenvalue weighted by atomic mass is 16.5. The number of ether oxygens (including phenoxy) is 1. The Morgan fingerprint density at radius 2 is 1.77 bits per heavy atom. The van der Waals surface area contributed by atoms with Crippen molar-refractivity contribution in [3.63, 3.8) is 0 Å². The van der Waals surface area contributed by atoms with E-state index in [-0.39, 0.29) is 24.0 Å². The maximum absolute atomic E-state index is 13.1. The second-order valence-corrected chi connectivity index (χ2v) is 8.59. The van der Waals surface area contributed by atoms with Crippen molar-refractivity contribution in [2.75, 3.05) is 13.2 Å². The summed E-state index contributed by atoms with van der Waals surface area (Å²) in [6, 6.07) is 17.0. The van der Waals surface area contributed by atoms with E-state index in [1.54, 1.807) is 4.90 Å². The van der Waals surface area contributed by atoms with Crippen LogP contribution in [0, 0.1) is 6.92 Å². The van der Waals surface area contributed by atoms with E-state index in [0.717, 1.165) is 11.1 Å². The summed E-state index contributed by atoms with van der Waals surface area (Å²) in [5.74, 6) is 0.323. The second-order valence-electron chi connectivity index (χ2n) is 8.59. The third-order valence-corrected chi connectivity index (χ3v) is 4.72. The van der Waals surface area contributed by atoms with E-state index in [2.05, 4.69) is 5.32 Å². The van der Waals surface area contributed by atoms with Crippen LogP contribution in [-0.2, 0) is 16.0 Å². The summed E-state index contributed by atoms with van der Waals surface area (Å²) in [4.78, 5) is 27.7. The second kappa shape index (κ2) is 10.8. The highest BCUT2D eigenvalue weighted by Crippen LogP contribution is 2.15. The first-order valence-electron chi connectivity index (χ1n) is 10.5. The summed E-state index contributed by atoms with van der Waals surface area (Å²) in [7, 11) is 0. The number of nitrogens with zero attached hydrogens (tertiary/aromatic N) is 1. The Kier molecular flexibility index (Phi) is 8.46. The summed E-state index contributed by atoms with van der Waals surface area (Å²) >= 11 is 0. The van der Waals surface area contributed by atoms with Crippen molar-refractivity contribution in [1.82, 2.24) is 10.2 Å². The van der Waals surface area contributed by atoms with Gasteiger partial charge in [0.2, 0.25) is 5.91 Å². The quantitative estimate of drug-likeness (QED) is 0.676. The number of amides is 2. The lowest BCUT2D eigenvalue weighted by atomic mass is 10.1. The standard InChI is InChI=1S/C25H34N2O3/c1-6-22(24(29)26-25(3,4)5)27(16-15-20-12-8-7-9-13-20)23(28)18-30-21-14-10-11-19(2)17-21/h7-14,17,22H,6,15-16,18H2,1-5H3,(H,26,29)/t22-/m1/s1. The number of hydrogen-bond acceptors (Lipinski definition) is 3. The van der Waals surface area contributed by atoms with Crippen molar-refractivity contribution in [2.45, 2.75) is 59.0 Å². The average Bonchev–Trinajstić information content (AvgIpc) is 2.68. The molecule has 2 rings (SSSR count). The molecular formula is C25H34N2O3. The van der Waals surface area contributed by atoms with Crippen LogP contribution in [0.5, 0.6) is 5.75 Å². The number of benzene rings is 2. The van der Waals surface area contributed by atoms with Crippen LogP contribution in [0.4, 0.5) is 0 Å².